The van der Waals surface area contributed by atoms with Gasteiger partial charge in [-0.1, -0.05) is 0 Å². The van der Waals surface area contributed by atoms with Gasteiger partial charge >= 0.3 is 54.7 Å². The van der Waals surface area contributed by atoms with E-state index in [-0.39, 0.29) is 0 Å². The fraction of sp³-hybridized carbons (Fsp3) is 1.00. The van der Waals surface area contributed by atoms with Crippen LogP contribution in [0.5, 0.6) is 0 Å². The van der Waals surface area contributed by atoms with Crippen molar-refractivity contribution in [2.45, 2.75) is 47.4 Å². The highest BCUT2D eigenvalue weighted by molar-refractivity contribution is 7.61. The Morgan fingerprint density at radius 3 is 0.800 bits per heavy atom. The summed E-state index contributed by atoms with van der Waals surface area (Å²) in [6.07, 6.45) is -15.5. The second-order valence-electron chi connectivity index (χ2n) is 5.11. The van der Waals surface area contributed by atoms with Crippen molar-refractivity contribution in [3.63, 3.8) is 0 Å². The molecule has 0 aromatic carbocycles. The van der Waals surface area contributed by atoms with Crippen LogP contribution in [0, 0.1) is 0 Å². The first-order chi connectivity index (χ1) is 12.6. The lowest BCUT2D eigenvalue weighted by Crippen LogP contribution is -2.65. The molecule has 0 atom stereocenters. The Bertz CT molecular complexity index is 633. The fourth-order valence-corrected chi connectivity index (χ4v) is 3.34. The zero-order chi connectivity index (χ0) is 25.2. The first kappa shape index (κ1) is 28.9. The molecule has 0 saturated heterocycles. The standard InChI is InChI=1S/C9H3F18O2P/c1-29-30(28,8(24,25)4(14,15)2(10,11)6(18,19)20)9(26,27)5(16,17)3(12,13)7(21,22)23/h1H3. The summed E-state index contributed by atoms with van der Waals surface area (Å²) in [5, 5.41) is 0. The summed E-state index contributed by atoms with van der Waals surface area (Å²) in [4.78, 5) is 0. The summed E-state index contributed by atoms with van der Waals surface area (Å²) >= 11 is 0. The van der Waals surface area contributed by atoms with Gasteiger partial charge in [-0.25, -0.2) is 0 Å². The number of rotatable bonds is 7. The van der Waals surface area contributed by atoms with Gasteiger partial charge in [0.1, 0.15) is 0 Å². The summed E-state index contributed by atoms with van der Waals surface area (Å²) in [6.45, 7) is 0. The van der Waals surface area contributed by atoms with E-state index in [1.54, 1.807) is 0 Å². The monoisotopic (exact) mass is 516 g/mol. The van der Waals surface area contributed by atoms with Crippen molar-refractivity contribution in [2.24, 2.45) is 0 Å². The summed E-state index contributed by atoms with van der Waals surface area (Å²) in [5.41, 5.74) is -16.6. The Balaban J connectivity index is 7.08. The van der Waals surface area contributed by atoms with E-state index < -0.39 is 61.8 Å². The number of hydrogen-bond donors (Lipinski definition) is 0. The summed E-state index contributed by atoms with van der Waals surface area (Å²) in [7, 11) is -10.3. The number of hydrogen-bond acceptors (Lipinski definition) is 2. The molecule has 2 nitrogen and oxygen atoms in total. The molecule has 0 aliphatic rings. The van der Waals surface area contributed by atoms with E-state index >= 15 is 0 Å². The largest absolute Gasteiger partial charge is 0.460 e. The third-order valence-corrected chi connectivity index (χ3v) is 5.81. The van der Waals surface area contributed by atoms with E-state index in [0.717, 1.165) is 0 Å². The van der Waals surface area contributed by atoms with E-state index in [9.17, 15) is 83.6 Å². The zero-order valence-corrected chi connectivity index (χ0v) is 14.0. The van der Waals surface area contributed by atoms with Gasteiger partial charge in [-0.05, 0) is 0 Å². The van der Waals surface area contributed by atoms with E-state index in [2.05, 4.69) is 4.52 Å². The van der Waals surface area contributed by atoms with Crippen LogP contribution in [-0.4, -0.2) is 54.5 Å². The van der Waals surface area contributed by atoms with Crippen LogP contribution in [0.1, 0.15) is 0 Å². The topological polar surface area (TPSA) is 26.3 Å². The molecule has 0 heterocycles. The molecule has 0 spiro atoms. The molecule has 0 rings (SSSR count). The minimum Gasteiger partial charge on any atom is -0.323 e. The first-order valence-corrected chi connectivity index (χ1v) is 7.75. The quantitative estimate of drug-likeness (QED) is 0.276. The molecular formula is C9H3F18O2P. The summed E-state index contributed by atoms with van der Waals surface area (Å²) in [6, 6.07) is 0. The fourth-order valence-electron chi connectivity index (χ4n) is 1.51. The van der Waals surface area contributed by atoms with Gasteiger partial charge in [0, 0.05) is 7.11 Å². The van der Waals surface area contributed by atoms with Gasteiger partial charge in [-0.15, -0.1) is 0 Å². The molecular weight excluding hydrogens is 513 g/mol. The minimum atomic E-state index is -9.31. The van der Waals surface area contributed by atoms with Gasteiger partial charge < -0.3 is 4.52 Å². The van der Waals surface area contributed by atoms with Gasteiger partial charge in [0.2, 0.25) is 0 Å². The summed E-state index contributed by atoms with van der Waals surface area (Å²) in [5.74, 6) is -33.0. The van der Waals surface area contributed by atoms with Crippen molar-refractivity contribution in [2.75, 3.05) is 7.11 Å². The van der Waals surface area contributed by atoms with Crippen LogP contribution < -0.4 is 0 Å². The van der Waals surface area contributed by atoms with Crippen molar-refractivity contribution >= 4 is 7.37 Å². The average Bonchev–Trinajstić information content (AvgIpc) is 2.50. The molecule has 182 valence electrons. The molecule has 0 radical (unpaired) electrons. The van der Waals surface area contributed by atoms with Crippen LogP contribution in [0.15, 0.2) is 0 Å². The van der Waals surface area contributed by atoms with Crippen LogP contribution >= 0.6 is 7.37 Å². The smallest absolute Gasteiger partial charge is 0.323 e. The van der Waals surface area contributed by atoms with E-state index in [0.29, 0.717) is 0 Å². The Morgan fingerprint density at radius 1 is 0.467 bits per heavy atom. The third kappa shape index (κ3) is 3.31. The molecule has 0 aliphatic carbocycles. The lowest BCUT2D eigenvalue weighted by molar-refractivity contribution is -0.392. The predicted octanol–water partition coefficient (Wildman–Crippen LogP) is 6.76. The zero-order valence-electron chi connectivity index (χ0n) is 13.1. The highest BCUT2D eigenvalue weighted by Gasteiger charge is 2.95. The van der Waals surface area contributed by atoms with Crippen LogP contribution in [0.3, 0.4) is 0 Å². The lowest BCUT2D eigenvalue weighted by Gasteiger charge is -2.42. The molecule has 30 heavy (non-hydrogen) atoms. The number of alkyl halides is 18. The highest BCUT2D eigenvalue weighted by Crippen LogP contribution is 2.80. The maximum absolute atomic E-state index is 13.5. The molecule has 0 aromatic rings. The van der Waals surface area contributed by atoms with Crippen molar-refractivity contribution in [1.29, 1.82) is 0 Å². The highest BCUT2D eigenvalue weighted by atomic mass is 31.2. The van der Waals surface area contributed by atoms with Crippen LogP contribution in [0.25, 0.3) is 0 Å². The molecule has 0 saturated carbocycles. The van der Waals surface area contributed by atoms with E-state index in [1.807, 2.05) is 0 Å². The van der Waals surface area contributed by atoms with Gasteiger partial charge in [-0.3, -0.25) is 4.57 Å². The van der Waals surface area contributed by atoms with Gasteiger partial charge in [0.05, 0.1) is 0 Å². The average molecular weight is 516 g/mol. The Hall–Kier alpha value is -1.07. The molecule has 21 heteroatoms. The molecule has 0 N–H and O–H groups in total. The van der Waals surface area contributed by atoms with E-state index in [1.165, 1.54) is 0 Å². The van der Waals surface area contributed by atoms with Gasteiger partial charge in [-0.2, -0.15) is 79.0 Å². The molecule has 0 aromatic heterocycles. The van der Waals surface area contributed by atoms with Crippen molar-refractivity contribution < 1.29 is 88.1 Å². The van der Waals surface area contributed by atoms with Crippen LogP contribution in [0.2, 0.25) is 0 Å². The molecule has 0 fully saturated rings. The first-order valence-electron chi connectivity index (χ1n) is 6.12. The predicted molar refractivity (Wildman–Crippen MR) is 56.4 cm³/mol. The van der Waals surface area contributed by atoms with Crippen LogP contribution in [-0.2, 0) is 9.09 Å². The minimum absolute atomic E-state index is 1.01. The lowest BCUT2D eigenvalue weighted by atomic mass is 10.1. The third-order valence-electron chi connectivity index (χ3n) is 3.25. The SMILES string of the molecule is COP(=O)(C(F)(F)C(F)(F)C(F)(F)C(F)(F)F)C(F)(F)C(F)(F)C(F)(F)C(F)(F)F. The van der Waals surface area contributed by atoms with Crippen molar-refractivity contribution in [3.05, 3.63) is 0 Å². The van der Waals surface area contributed by atoms with Crippen molar-refractivity contribution in [1.82, 2.24) is 0 Å². The van der Waals surface area contributed by atoms with Crippen LogP contribution in [0.4, 0.5) is 79.0 Å². The van der Waals surface area contributed by atoms with Gasteiger partial charge in [0.15, 0.2) is 0 Å². The Morgan fingerprint density at radius 2 is 0.667 bits per heavy atom. The maximum atomic E-state index is 13.5. The van der Waals surface area contributed by atoms with Crippen molar-refractivity contribution in [3.8, 4) is 0 Å². The Kier molecular flexibility index (Phi) is 6.72. The molecule has 0 amide bonds. The normalized spacial score (nSPS) is 16.8. The Labute approximate surface area is 151 Å². The molecule has 0 bridgehead atoms. The van der Waals surface area contributed by atoms with E-state index in [4.69, 9.17) is 0 Å². The second kappa shape index (κ2) is 6.96. The number of halogens is 18. The molecule has 0 aliphatic heterocycles. The molecule has 0 unspecified atom stereocenters. The summed E-state index contributed by atoms with van der Waals surface area (Å²) < 4.78 is 243. The maximum Gasteiger partial charge on any atom is 0.460 e. The second-order valence-corrected chi connectivity index (χ2v) is 7.70. The van der Waals surface area contributed by atoms with Gasteiger partial charge in [0.25, 0.3) is 0 Å².